The average molecular weight is 383 g/mol. The standard InChI is InChI=1S/C18H15BrN4O/c1-12(13-7-9-15(19)10-8-13)20-23-18(24)17-11-16(21-22-17)14-5-3-2-4-6-14/h2-11H,1H3,(H,21,22)(H,23,24)/b20-12-. The van der Waals surface area contributed by atoms with E-state index < -0.39 is 0 Å². The molecule has 0 aliphatic carbocycles. The predicted octanol–water partition coefficient (Wildman–Crippen LogP) is 3.99. The third kappa shape index (κ3) is 3.78. The van der Waals surface area contributed by atoms with E-state index in [1.807, 2.05) is 61.5 Å². The molecule has 0 atom stereocenters. The van der Waals surface area contributed by atoms with Crippen LogP contribution in [0.3, 0.4) is 0 Å². The first-order valence-electron chi connectivity index (χ1n) is 7.35. The number of H-pyrrole nitrogens is 1. The highest BCUT2D eigenvalue weighted by Gasteiger charge is 2.10. The Kier molecular flexibility index (Phi) is 4.86. The maximum absolute atomic E-state index is 12.2. The summed E-state index contributed by atoms with van der Waals surface area (Å²) >= 11 is 3.39. The highest BCUT2D eigenvalue weighted by molar-refractivity contribution is 9.10. The molecule has 0 radical (unpaired) electrons. The van der Waals surface area contributed by atoms with Gasteiger partial charge >= 0.3 is 0 Å². The Labute approximate surface area is 147 Å². The molecule has 24 heavy (non-hydrogen) atoms. The molecule has 1 heterocycles. The van der Waals surface area contributed by atoms with Crippen LogP contribution in [-0.2, 0) is 0 Å². The zero-order valence-electron chi connectivity index (χ0n) is 13.0. The molecule has 5 nitrogen and oxygen atoms in total. The van der Waals surface area contributed by atoms with Crippen LogP contribution in [-0.4, -0.2) is 21.8 Å². The number of benzene rings is 2. The van der Waals surface area contributed by atoms with Gasteiger partial charge in [-0.1, -0.05) is 58.4 Å². The number of rotatable bonds is 4. The lowest BCUT2D eigenvalue weighted by Gasteiger charge is -2.02. The number of carbonyl (C=O) groups is 1. The van der Waals surface area contributed by atoms with Crippen molar-refractivity contribution < 1.29 is 4.79 Å². The third-order valence-electron chi connectivity index (χ3n) is 3.48. The predicted molar refractivity (Wildman–Crippen MR) is 97.8 cm³/mol. The molecule has 0 saturated heterocycles. The number of hydrogen-bond acceptors (Lipinski definition) is 3. The van der Waals surface area contributed by atoms with E-state index in [2.05, 4.69) is 36.7 Å². The van der Waals surface area contributed by atoms with Crippen molar-refractivity contribution in [1.29, 1.82) is 0 Å². The maximum atomic E-state index is 12.2. The van der Waals surface area contributed by atoms with E-state index in [0.29, 0.717) is 5.69 Å². The van der Waals surface area contributed by atoms with Crippen molar-refractivity contribution in [3.05, 3.63) is 76.4 Å². The van der Waals surface area contributed by atoms with Gasteiger partial charge in [-0.15, -0.1) is 0 Å². The zero-order valence-corrected chi connectivity index (χ0v) is 14.5. The van der Waals surface area contributed by atoms with E-state index in [1.54, 1.807) is 6.07 Å². The molecular weight excluding hydrogens is 368 g/mol. The van der Waals surface area contributed by atoms with Crippen LogP contribution < -0.4 is 5.43 Å². The number of halogens is 1. The Morgan fingerprint density at radius 1 is 1.12 bits per heavy atom. The molecular formula is C18H15BrN4O. The normalized spacial score (nSPS) is 11.3. The minimum absolute atomic E-state index is 0.332. The second-order valence-corrected chi connectivity index (χ2v) is 6.09. The van der Waals surface area contributed by atoms with Crippen molar-refractivity contribution in [2.24, 2.45) is 5.10 Å². The number of nitrogens with zero attached hydrogens (tertiary/aromatic N) is 2. The van der Waals surface area contributed by atoms with E-state index in [4.69, 9.17) is 0 Å². The van der Waals surface area contributed by atoms with E-state index in [0.717, 1.165) is 27.0 Å². The van der Waals surface area contributed by atoms with Crippen LogP contribution in [0.4, 0.5) is 0 Å². The highest BCUT2D eigenvalue weighted by atomic mass is 79.9. The lowest BCUT2D eigenvalue weighted by molar-refractivity contribution is 0.0950. The summed E-state index contributed by atoms with van der Waals surface area (Å²) in [4.78, 5) is 12.2. The SMILES string of the molecule is C/C(=N/NC(=O)c1cc(-c2ccccc2)n[nH]1)c1ccc(Br)cc1. The number of amides is 1. The molecule has 0 fully saturated rings. The van der Waals surface area contributed by atoms with Gasteiger partial charge in [0.25, 0.3) is 5.91 Å². The van der Waals surface area contributed by atoms with Gasteiger partial charge < -0.3 is 0 Å². The summed E-state index contributed by atoms with van der Waals surface area (Å²) in [6, 6.07) is 19.1. The largest absolute Gasteiger partial charge is 0.289 e. The zero-order chi connectivity index (χ0) is 16.9. The summed E-state index contributed by atoms with van der Waals surface area (Å²) in [5, 5.41) is 11.0. The number of nitrogens with one attached hydrogen (secondary N) is 2. The molecule has 0 aliphatic heterocycles. The Morgan fingerprint density at radius 3 is 2.54 bits per heavy atom. The van der Waals surface area contributed by atoms with E-state index in [-0.39, 0.29) is 5.91 Å². The number of aromatic nitrogens is 2. The summed E-state index contributed by atoms with van der Waals surface area (Å²) in [5.74, 6) is -0.332. The molecule has 1 amide bonds. The van der Waals surface area contributed by atoms with Crippen LogP contribution in [0.2, 0.25) is 0 Å². The van der Waals surface area contributed by atoms with Crippen molar-refractivity contribution >= 4 is 27.5 Å². The quantitative estimate of drug-likeness (QED) is 0.528. The van der Waals surface area contributed by atoms with Crippen LogP contribution in [0.1, 0.15) is 23.0 Å². The van der Waals surface area contributed by atoms with Crippen LogP contribution in [0, 0.1) is 0 Å². The Hall–Kier alpha value is -2.73. The minimum atomic E-state index is -0.332. The van der Waals surface area contributed by atoms with Crippen molar-refractivity contribution in [1.82, 2.24) is 15.6 Å². The smallest absolute Gasteiger partial charge is 0.272 e. The summed E-state index contributed by atoms with van der Waals surface area (Å²) in [6.45, 7) is 1.84. The van der Waals surface area contributed by atoms with Gasteiger partial charge in [-0.05, 0) is 30.7 Å². The molecule has 0 aliphatic rings. The maximum Gasteiger partial charge on any atom is 0.289 e. The third-order valence-corrected chi connectivity index (χ3v) is 4.01. The van der Waals surface area contributed by atoms with Crippen LogP contribution >= 0.6 is 15.9 Å². The van der Waals surface area contributed by atoms with Crippen LogP contribution in [0.25, 0.3) is 11.3 Å². The van der Waals surface area contributed by atoms with Crippen molar-refractivity contribution in [3.8, 4) is 11.3 Å². The minimum Gasteiger partial charge on any atom is -0.272 e. The first-order valence-corrected chi connectivity index (χ1v) is 8.14. The van der Waals surface area contributed by atoms with Gasteiger partial charge in [-0.3, -0.25) is 9.89 Å². The van der Waals surface area contributed by atoms with Crippen LogP contribution in [0.15, 0.2) is 70.2 Å². The first kappa shape index (κ1) is 16.1. The Morgan fingerprint density at radius 2 is 1.83 bits per heavy atom. The van der Waals surface area contributed by atoms with Gasteiger partial charge in [0.15, 0.2) is 0 Å². The van der Waals surface area contributed by atoms with Gasteiger partial charge in [0.05, 0.1) is 11.4 Å². The molecule has 0 spiro atoms. The molecule has 0 unspecified atom stereocenters. The van der Waals surface area contributed by atoms with E-state index in [1.165, 1.54) is 0 Å². The monoisotopic (exact) mass is 382 g/mol. The lowest BCUT2D eigenvalue weighted by atomic mass is 10.1. The second-order valence-electron chi connectivity index (χ2n) is 5.18. The number of hydrazone groups is 1. The van der Waals surface area contributed by atoms with Gasteiger partial charge in [0.2, 0.25) is 0 Å². The number of aromatic amines is 1. The number of hydrogen-bond donors (Lipinski definition) is 2. The molecule has 0 saturated carbocycles. The summed E-state index contributed by atoms with van der Waals surface area (Å²) in [5.41, 5.74) is 6.23. The van der Waals surface area contributed by atoms with Gasteiger partial charge in [-0.25, -0.2) is 5.43 Å². The molecule has 3 rings (SSSR count). The summed E-state index contributed by atoms with van der Waals surface area (Å²) in [7, 11) is 0. The topological polar surface area (TPSA) is 70.1 Å². The van der Waals surface area contributed by atoms with E-state index >= 15 is 0 Å². The van der Waals surface area contributed by atoms with E-state index in [9.17, 15) is 4.79 Å². The summed E-state index contributed by atoms with van der Waals surface area (Å²) in [6.07, 6.45) is 0. The summed E-state index contributed by atoms with van der Waals surface area (Å²) < 4.78 is 0.994. The molecule has 6 heteroatoms. The lowest BCUT2D eigenvalue weighted by Crippen LogP contribution is -2.19. The molecule has 2 aromatic carbocycles. The molecule has 0 bridgehead atoms. The van der Waals surface area contributed by atoms with Crippen LogP contribution in [0.5, 0.6) is 0 Å². The molecule has 3 aromatic rings. The number of carbonyl (C=O) groups excluding carboxylic acids is 1. The van der Waals surface area contributed by atoms with Crippen molar-refractivity contribution in [2.45, 2.75) is 6.92 Å². The second kappa shape index (κ2) is 7.23. The Balaban J connectivity index is 1.70. The fraction of sp³-hybridized carbons (Fsp3) is 0.0556. The highest BCUT2D eigenvalue weighted by Crippen LogP contribution is 2.16. The fourth-order valence-electron chi connectivity index (χ4n) is 2.15. The molecule has 120 valence electrons. The van der Waals surface area contributed by atoms with Gasteiger partial charge in [-0.2, -0.15) is 10.2 Å². The van der Waals surface area contributed by atoms with Crippen molar-refractivity contribution in [3.63, 3.8) is 0 Å². The average Bonchev–Trinajstić information content (AvgIpc) is 3.11. The van der Waals surface area contributed by atoms with Gasteiger partial charge in [0, 0.05) is 10.0 Å². The van der Waals surface area contributed by atoms with Gasteiger partial charge in [0.1, 0.15) is 5.69 Å². The first-order chi connectivity index (χ1) is 11.6. The Bertz CT molecular complexity index is 870. The molecule has 2 N–H and O–H groups in total. The fourth-order valence-corrected chi connectivity index (χ4v) is 2.41. The molecule has 1 aromatic heterocycles. The van der Waals surface area contributed by atoms with Crippen molar-refractivity contribution in [2.75, 3.05) is 0 Å².